The number of nitrogens with zero attached hydrogens (tertiary/aromatic N) is 3. The molecule has 2 heterocycles. The molecule has 1 spiro atoms. The number of hydrogen-bond donors (Lipinski definition) is 1. The monoisotopic (exact) mass is 276 g/mol. The van der Waals surface area contributed by atoms with Gasteiger partial charge in [-0.25, -0.2) is 4.98 Å². The normalized spacial score (nSPS) is 24.9. The van der Waals surface area contributed by atoms with Gasteiger partial charge in [0, 0.05) is 19.8 Å². The van der Waals surface area contributed by atoms with E-state index < -0.39 is 0 Å². The van der Waals surface area contributed by atoms with Crippen molar-refractivity contribution >= 4 is 0 Å². The van der Waals surface area contributed by atoms with E-state index in [4.69, 9.17) is 5.73 Å². The van der Waals surface area contributed by atoms with Gasteiger partial charge in [-0.05, 0) is 44.2 Å². The first-order valence-electron chi connectivity index (χ1n) is 8.14. The van der Waals surface area contributed by atoms with Crippen LogP contribution in [0.25, 0.3) is 0 Å². The topological polar surface area (TPSA) is 47.1 Å². The van der Waals surface area contributed by atoms with Crippen LogP contribution in [0, 0.1) is 5.41 Å². The van der Waals surface area contributed by atoms with Gasteiger partial charge in [-0.2, -0.15) is 0 Å². The summed E-state index contributed by atoms with van der Waals surface area (Å²) < 4.78 is 2.11. The Morgan fingerprint density at radius 2 is 1.90 bits per heavy atom. The molecule has 0 amide bonds. The second-order valence-corrected chi connectivity index (χ2v) is 6.78. The minimum atomic E-state index is 0.337. The smallest absolute Gasteiger partial charge is 0.0946 e. The maximum atomic E-state index is 6.05. The number of aromatic nitrogens is 2. The second kappa shape index (κ2) is 5.86. The largest absolute Gasteiger partial charge is 0.336 e. The van der Waals surface area contributed by atoms with E-state index >= 15 is 0 Å². The molecule has 1 aliphatic carbocycles. The van der Waals surface area contributed by atoms with E-state index in [1.165, 1.54) is 63.7 Å². The molecule has 0 radical (unpaired) electrons. The van der Waals surface area contributed by atoms with Gasteiger partial charge >= 0.3 is 0 Å². The van der Waals surface area contributed by atoms with Crippen molar-refractivity contribution in [2.75, 3.05) is 19.6 Å². The average Bonchev–Trinajstić information content (AvgIpc) is 2.89. The number of imidazole rings is 1. The standard InChI is InChI=1S/C16H28N4/c1-19-13-18-12-15(19)14(11-17)20-9-7-16(8-10-20)5-3-2-4-6-16/h12-14H,2-11,17H2,1H3. The number of likely N-dealkylation sites (tertiary alicyclic amines) is 1. The third-order valence-corrected chi connectivity index (χ3v) is 5.63. The Labute approximate surface area is 122 Å². The third-order valence-electron chi connectivity index (χ3n) is 5.63. The molecule has 0 aromatic carbocycles. The summed E-state index contributed by atoms with van der Waals surface area (Å²) in [7, 11) is 2.07. The van der Waals surface area contributed by atoms with Crippen molar-refractivity contribution in [1.82, 2.24) is 14.5 Å². The molecule has 2 aliphatic rings. The zero-order valence-electron chi connectivity index (χ0n) is 12.7. The summed E-state index contributed by atoms with van der Waals surface area (Å²) in [6, 6.07) is 0.337. The molecule has 2 fully saturated rings. The van der Waals surface area contributed by atoms with Gasteiger partial charge in [-0.3, -0.25) is 4.90 Å². The van der Waals surface area contributed by atoms with Gasteiger partial charge < -0.3 is 10.3 Å². The van der Waals surface area contributed by atoms with Crippen LogP contribution in [0.4, 0.5) is 0 Å². The van der Waals surface area contributed by atoms with Crippen LogP contribution >= 0.6 is 0 Å². The van der Waals surface area contributed by atoms with Crippen LogP contribution in [0.2, 0.25) is 0 Å². The minimum absolute atomic E-state index is 0.337. The van der Waals surface area contributed by atoms with Gasteiger partial charge in [0.15, 0.2) is 0 Å². The summed E-state index contributed by atoms with van der Waals surface area (Å²) in [6.45, 7) is 3.09. The average molecular weight is 276 g/mol. The number of hydrogen-bond acceptors (Lipinski definition) is 3. The summed E-state index contributed by atoms with van der Waals surface area (Å²) in [4.78, 5) is 6.83. The quantitative estimate of drug-likeness (QED) is 0.922. The Kier molecular flexibility index (Phi) is 4.13. The molecule has 4 nitrogen and oxygen atoms in total. The van der Waals surface area contributed by atoms with E-state index in [-0.39, 0.29) is 0 Å². The van der Waals surface area contributed by atoms with E-state index in [2.05, 4.69) is 21.5 Å². The lowest BCUT2D eigenvalue weighted by Crippen LogP contribution is -2.44. The Hall–Kier alpha value is -0.870. The van der Waals surface area contributed by atoms with E-state index in [1.807, 2.05) is 12.5 Å². The number of piperidine rings is 1. The van der Waals surface area contributed by atoms with Gasteiger partial charge in [0.2, 0.25) is 0 Å². The van der Waals surface area contributed by atoms with Gasteiger partial charge in [0.1, 0.15) is 0 Å². The molecule has 1 saturated heterocycles. The molecule has 1 saturated carbocycles. The zero-order valence-corrected chi connectivity index (χ0v) is 12.7. The molecule has 1 aromatic heterocycles. The van der Waals surface area contributed by atoms with Crippen molar-refractivity contribution in [3.8, 4) is 0 Å². The maximum Gasteiger partial charge on any atom is 0.0946 e. The van der Waals surface area contributed by atoms with Crippen LogP contribution in [0.15, 0.2) is 12.5 Å². The van der Waals surface area contributed by atoms with E-state index in [0.29, 0.717) is 18.0 Å². The summed E-state index contributed by atoms with van der Waals surface area (Å²) in [5.74, 6) is 0. The molecule has 3 rings (SSSR count). The molecule has 1 aromatic rings. The fourth-order valence-corrected chi connectivity index (χ4v) is 4.26. The van der Waals surface area contributed by atoms with Crippen molar-refractivity contribution in [2.45, 2.75) is 51.0 Å². The van der Waals surface area contributed by atoms with Gasteiger partial charge in [-0.15, -0.1) is 0 Å². The summed E-state index contributed by atoms with van der Waals surface area (Å²) in [5, 5.41) is 0. The Balaban J connectivity index is 1.66. The maximum absolute atomic E-state index is 6.05. The first-order chi connectivity index (χ1) is 9.74. The second-order valence-electron chi connectivity index (χ2n) is 6.78. The lowest BCUT2D eigenvalue weighted by atomic mass is 9.68. The molecule has 1 atom stereocenters. The third kappa shape index (κ3) is 2.63. The van der Waals surface area contributed by atoms with Crippen LogP contribution < -0.4 is 5.73 Å². The Bertz CT molecular complexity index is 423. The van der Waals surface area contributed by atoms with Crippen molar-refractivity contribution < 1.29 is 0 Å². The van der Waals surface area contributed by atoms with Crippen LogP contribution in [0.1, 0.15) is 56.7 Å². The van der Waals surface area contributed by atoms with Crippen molar-refractivity contribution in [3.05, 3.63) is 18.2 Å². The Morgan fingerprint density at radius 3 is 2.45 bits per heavy atom. The van der Waals surface area contributed by atoms with Crippen LogP contribution in [0.5, 0.6) is 0 Å². The van der Waals surface area contributed by atoms with E-state index in [1.54, 1.807) is 0 Å². The minimum Gasteiger partial charge on any atom is -0.336 e. The SMILES string of the molecule is Cn1cncc1C(CN)N1CCC2(CCCCC2)CC1. The number of nitrogens with two attached hydrogens (primary N) is 1. The lowest BCUT2D eigenvalue weighted by Gasteiger charge is -2.46. The molecule has 4 heteroatoms. The molecule has 0 bridgehead atoms. The van der Waals surface area contributed by atoms with Gasteiger partial charge in [0.25, 0.3) is 0 Å². The van der Waals surface area contributed by atoms with Crippen molar-refractivity contribution in [2.24, 2.45) is 18.2 Å². The zero-order chi connectivity index (χ0) is 14.0. The molecular formula is C16H28N4. The number of rotatable bonds is 3. The molecule has 112 valence electrons. The highest BCUT2D eigenvalue weighted by molar-refractivity contribution is 5.07. The molecule has 20 heavy (non-hydrogen) atoms. The predicted molar refractivity (Wildman–Crippen MR) is 81.3 cm³/mol. The van der Waals surface area contributed by atoms with Gasteiger partial charge in [0.05, 0.1) is 18.1 Å². The predicted octanol–water partition coefficient (Wildman–Crippen LogP) is 2.47. The van der Waals surface area contributed by atoms with Gasteiger partial charge in [-0.1, -0.05) is 19.3 Å². The molecule has 1 unspecified atom stereocenters. The van der Waals surface area contributed by atoms with Crippen LogP contribution in [-0.4, -0.2) is 34.1 Å². The highest BCUT2D eigenvalue weighted by Gasteiger charge is 2.37. The summed E-state index contributed by atoms with van der Waals surface area (Å²) in [6.07, 6.45) is 13.8. The first-order valence-corrected chi connectivity index (χ1v) is 8.14. The Morgan fingerprint density at radius 1 is 1.20 bits per heavy atom. The lowest BCUT2D eigenvalue weighted by molar-refractivity contribution is 0.0448. The summed E-state index contributed by atoms with van der Waals surface area (Å²) in [5.41, 5.74) is 7.97. The number of aryl methyl sites for hydroxylation is 1. The van der Waals surface area contributed by atoms with Crippen LogP contribution in [0.3, 0.4) is 0 Å². The van der Waals surface area contributed by atoms with E-state index in [0.717, 1.165) is 0 Å². The molecule has 1 aliphatic heterocycles. The molecule has 2 N–H and O–H groups in total. The molecular weight excluding hydrogens is 248 g/mol. The van der Waals surface area contributed by atoms with Crippen LogP contribution in [-0.2, 0) is 7.05 Å². The van der Waals surface area contributed by atoms with Crippen molar-refractivity contribution in [3.63, 3.8) is 0 Å². The fourth-order valence-electron chi connectivity index (χ4n) is 4.26. The summed E-state index contributed by atoms with van der Waals surface area (Å²) >= 11 is 0. The van der Waals surface area contributed by atoms with E-state index in [9.17, 15) is 0 Å². The van der Waals surface area contributed by atoms with Crippen molar-refractivity contribution in [1.29, 1.82) is 0 Å². The first kappa shape index (κ1) is 14.1. The highest BCUT2D eigenvalue weighted by atomic mass is 15.2. The highest BCUT2D eigenvalue weighted by Crippen LogP contribution is 2.45. The fraction of sp³-hybridized carbons (Fsp3) is 0.812.